The number of anilines is 1. The van der Waals surface area contributed by atoms with Gasteiger partial charge in [0.15, 0.2) is 0 Å². The van der Waals surface area contributed by atoms with Crippen molar-refractivity contribution in [2.75, 3.05) is 4.90 Å². The molecule has 1 aliphatic heterocycles. The Bertz CT molecular complexity index is 1690. The molecular weight excluding hydrogens is 504 g/mol. The predicted molar refractivity (Wildman–Crippen MR) is 144 cm³/mol. The van der Waals surface area contributed by atoms with E-state index in [4.69, 9.17) is 0 Å². The second-order valence-electron chi connectivity index (χ2n) is 8.64. The van der Waals surface area contributed by atoms with Gasteiger partial charge in [0.25, 0.3) is 17.5 Å². The zero-order valence-corrected chi connectivity index (χ0v) is 21.1. The lowest BCUT2D eigenvalue weighted by Gasteiger charge is -2.26. The zero-order valence-electron chi connectivity index (χ0n) is 20.3. The second-order valence-corrected chi connectivity index (χ2v) is 9.73. The highest BCUT2D eigenvalue weighted by molar-refractivity contribution is 7.99. The van der Waals surface area contributed by atoms with E-state index < -0.39 is 22.8 Å². The molecule has 10 heteroatoms. The van der Waals surface area contributed by atoms with Crippen molar-refractivity contribution in [1.29, 1.82) is 0 Å². The molecule has 1 N–H and O–H groups in total. The lowest BCUT2D eigenvalue weighted by Crippen LogP contribution is -2.54. The van der Waals surface area contributed by atoms with Crippen LogP contribution in [0.25, 0.3) is 17.0 Å². The number of nitrogens with zero attached hydrogens (tertiary/aromatic N) is 3. The van der Waals surface area contributed by atoms with Crippen LogP contribution in [0.1, 0.15) is 16.7 Å². The number of hydrogen-bond acceptors (Lipinski definition) is 7. The SMILES string of the molecule is Cc1ccc(N2C(=O)NC(=O)/C(=C\c3ccc(Sc4cccc5cccnc45)c([N+](=O)[O-])c3)C2=O)cc1C. The van der Waals surface area contributed by atoms with Gasteiger partial charge >= 0.3 is 6.03 Å². The van der Waals surface area contributed by atoms with Crippen molar-refractivity contribution in [3.8, 4) is 0 Å². The molecule has 2 heterocycles. The van der Waals surface area contributed by atoms with Gasteiger partial charge in [0.1, 0.15) is 5.57 Å². The maximum Gasteiger partial charge on any atom is 0.335 e. The number of aryl methyl sites for hydroxylation is 2. The Kier molecular flexibility index (Phi) is 6.48. The van der Waals surface area contributed by atoms with Crippen LogP contribution in [0.2, 0.25) is 0 Å². The minimum atomic E-state index is -0.872. The van der Waals surface area contributed by atoms with Crippen LogP contribution in [-0.2, 0) is 9.59 Å². The van der Waals surface area contributed by atoms with Crippen LogP contribution < -0.4 is 10.2 Å². The fourth-order valence-electron chi connectivity index (χ4n) is 4.05. The number of urea groups is 1. The van der Waals surface area contributed by atoms with E-state index in [2.05, 4.69) is 10.3 Å². The van der Waals surface area contributed by atoms with Gasteiger partial charge in [-0.2, -0.15) is 0 Å². The number of hydrogen-bond donors (Lipinski definition) is 1. The number of benzene rings is 3. The molecule has 188 valence electrons. The summed E-state index contributed by atoms with van der Waals surface area (Å²) in [5.74, 6) is -1.69. The smallest absolute Gasteiger partial charge is 0.273 e. The van der Waals surface area contributed by atoms with E-state index in [1.807, 2.05) is 44.2 Å². The van der Waals surface area contributed by atoms with Gasteiger partial charge < -0.3 is 0 Å². The summed E-state index contributed by atoms with van der Waals surface area (Å²) in [4.78, 5) is 56.2. The van der Waals surface area contributed by atoms with E-state index in [0.29, 0.717) is 10.6 Å². The van der Waals surface area contributed by atoms with Crippen molar-refractivity contribution in [3.63, 3.8) is 0 Å². The number of nitro benzene ring substituents is 1. The fourth-order valence-corrected chi connectivity index (χ4v) is 5.08. The number of carbonyl (C=O) groups is 3. The molecule has 0 aliphatic carbocycles. The molecule has 9 nitrogen and oxygen atoms in total. The molecule has 0 unspecified atom stereocenters. The molecule has 1 fully saturated rings. The normalized spacial score (nSPS) is 14.7. The Morgan fingerprint density at radius 2 is 1.74 bits per heavy atom. The number of amides is 4. The third-order valence-corrected chi connectivity index (χ3v) is 7.27. The van der Waals surface area contributed by atoms with E-state index in [-0.39, 0.29) is 16.8 Å². The molecule has 4 aromatic rings. The molecule has 1 aromatic heterocycles. The quantitative estimate of drug-likeness (QED) is 0.157. The van der Waals surface area contributed by atoms with Crippen molar-refractivity contribution < 1.29 is 19.3 Å². The highest BCUT2D eigenvalue weighted by atomic mass is 32.2. The fraction of sp³-hybridized carbons (Fsp3) is 0.0714. The van der Waals surface area contributed by atoms with E-state index in [1.54, 1.807) is 36.5 Å². The van der Waals surface area contributed by atoms with Gasteiger partial charge in [-0.25, -0.2) is 9.69 Å². The largest absolute Gasteiger partial charge is 0.335 e. The monoisotopic (exact) mass is 524 g/mol. The molecular formula is C28H20N4O5S. The average molecular weight is 525 g/mol. The number of aromatic nitrogens is 1. The van der Waals surface area contributed by atoms with E-state index >= 15 is 0 Å². The highest BCUT2D eigenvalue weighted by Gasteiger charge is 2.37. The number of nitrogens with one attached hydrogen (secondary N) is 1. The summed E-state index contributed by atoms with van der Waals surface area (Å²) in [6.45, 7) is 3.75. The summed E-state index contributed by atoms with van der Waals surface area (Å²) < 4.78 is 0. The first-order chi connectivity index (χ1) is 18.2. The van der Waals surface area contributed by atoms with Gasteiger partial charge in [0, 0.05) is 22.5 Å². The van der Waals surface area contributed by atoms with Gasteiger partial charge in [-0.3, -0.25) is 30.0 Å². The molecule has 1 saturated heterocycles. The maximum atomic E-state index is 13.2. The molecule has 1 aliphatic rings. The first-order valence-electron chi connectivity index (χ1n) is 11.5. The van der Waals surface area contributed by atoms with Crippen LogP contribution in [0.15, 0.2) is 88.3 Å². The van der Waals surface area contributed by atoms with Crippen molar-refractivity contribution in [1.82, 2.24) is 10.3 Å². The molecule has 0 radical (unpaired) electrons. The van der Waals surface area contributed by atoms with Gasteiger partial charge in [-0.15, -0.1) is 0 Å². The molecule has 0 saturated carbocycles. The lowest BCUT2D eigenvalue weighted by atomic mass is 10.0. The number of fused-ring (bicyclic) bond motifs is 1. The number of pyridine rings is 1. The lowest BCUT2D eigenvalue weighted by molar-refractivity contribution is -0.387. The van der Waals surface area contributed by atoms with Crippen molar-refractivity contribution in [3.05, 3.63) is 105 Å². The van der Waals surface area contributed by atoms with E-state index in [0.717, 1.165) is 31.8 Å². The molecule has 3 aromatic carbocycles. The minimum Gasteiger partial charge on any atom is -0.273 e. The Labute approximate surface area is 221 Å². The van der Waals surface area contributed by atoms with Crippen molar-refractivity contribution in [2.24, 2.45) is 0 Å². The summed E-state index contributed by atoms with van der Waals surface area (Å²) in [6, 6.07) is 18.0. The van der Waals surface area contributed by atoms with Crippen LogP contribution >= 0.6 is 11.8 Å². The van der Waals surface area contributed by atoms with E-state index in [1.165, 1.54) is 23.9 Å². The summed E-state index contributed by atoms with van der Waals surface area (Å²) in [5.41, 5.74) is 2.66. The van der Waals surface area contributed by atoms with Crippen molar-refractivity contribution >= 4 is 58.0 Å². The van der Waals surface area contributed by atoms with Gasteiger partial charge in [0.2, 0.25) is 0 Å². The third-order valence-electron chi connectivity index (χ3n) is 6.16. The Morgan fingerprint density at radius 1 is 0.947 bits per heavy atom. The van der Waals surface area contributed by atoms with Crippen LogP contribution in [0.3, 0.4) is 0 Å². The third kappa shape index (κ3) is 4.64. The van der Waals surface area contributed by atoms with Crippen LogP contribution in [0.4, 0.5) is 16.2 Å². The highest BCUT2D eigenvalue weighted by Crippen LogP contribution is 2.38. The number of para-hydroxylation sites is 1. The van der Waals surface area contributed by atoms with E-state index in [9.17, 15) is 24.5 Å². The molecule has 0 bridgehead atoms. The van der Waals surface area contributed by atoms with Gasteiger partial charge in [0.05, 0.1) is 21.0 Å². The molecule has 5 rings (SSSR count). The molecule has 4 amide bonds. The topological polar surface area (TPSA) is 123 Å². The average Bonchev–Trinajstić information content (AvgIpc) is 2.89. The summed E-state index contributed by atoms with van der Waals surface area (Å²) >= 11 is 1.20. The number of nitro groups is 1. The number of carbonyl (C=O) groups excluding carboxylic acids is 3. The number of barbiturate groups is 1. The van der Waals surface area contributed by atoms with Crippen LogP contribution in [0, 0.1) is 24.0 Å². The Hall–Kier alpha value is -4.83. The van der Waals surface area contributed by atoms with Crippen molar-refractivity contribution in [2.45, 2.75) is 23.6 Å². The van der Waals surface area contributed by atoms with Crippen LogP contribution in [0.5, 0.6) is 0 Å². The summed E-state index contributed by atoms with van der Waals surface area (Å²) in [5, 5.41) is 15.0. The summed E-state index contributed by atoms with van der Waals surface area (Å²) in [7, 11) is 0. The van der Waals surface area contributed by atoms with Crippen LogP contribution in [-0.4, -0.2) is 27.8 Å². The number of imide groups is 2. The molecule has 0 spiro atoms. The zero-order chi connectivity index (χ0) is 27.0. The summed E-state index contributed by atoms with van der Waals surface area (Å²) in [6.07, 6.45) is 2.91. The minimum absolute atomic E-state index is 0.192. The van der Waals surface area contributed by atoms with Gasteiger partial charge in [-0.05, 0) is 66.9 Å². The first-order valence-corrected chi connectivity index (χ1v) is 12.3. The van der Waals surface area contributed by atoms with Gasteiger partial charge in [-0.1, -0.05) is 42.1 Å². The Morgan fingerprint density at radius 3 is 2.50 bits per heavy atom. The maximum absolute atomic E-state index is 13.2. The molecule has 38 heavy (non-hydrogen) atoms. The number of rotatable bonds is 5. The second kappa shape index (κ2) is 9.91. The predicted octanol–water partition coefficient (Wildman–Crippen LogP) is 5.58. The Balaban J connectivity index is 1.51. The molecule has 0 atom stereocenters. The standard InChI is InChI=1S/C28H20N4O5S/c1-16-8-10-20(13-17(16)2)31-27(34)21(26(33)30-28(31)35)14-18-9-11-23(22(15-18)32(36)37)38-24-7-3-5-19-6-4-12-29-25(19)24/h3-15H,1-2H3,(H,30,33,35)/b21-14+. The first kappa shape index (κ1) is 24.8.